The second-order valence-corrected chi connectivity index (χ2v) is 7.70. The van der Waals surface area contributed by atoms with Gasteiger partial charge in [-0.25, -0.2) is 9.67 Å². The molecule has 0 unspecified atom stereocenters. The van der Waals surface area contributed by atoms with Crippen molar-refractivity contribution in [2.45, 2.75) is 13.8 Å². The average Bonchev–Trinajstić information content (AvgIpc) is 3.17. The maximum atomic E-state index is 12.9. The van der Waals surface area contributed by atoms with E-state index in [0.717, 1.165) is 32.5 Å². The molecule has 1 amide bonds. The fourth-order valence-corrected chi connectivity index (χ4v) is 3.47. The normalized spacial score (nSPS) is 10.7. The van der Waals surface area contributed by atoms with Crippen LogP contribution in [-0.2, 0) is 0 Å². The molecule has 4 aromatic rings. The van der Waals surface area contributed by atoms with Crippen molar-refractivity contribution in [1.29, 1.82) is 0 Å². The van der Waals surface area contributed by atoms with Crippen LogP contribution < -0.4 is 5.32 Å². The molecule has 1 N–H and O–H groups in total. The number of nitrogens with zero attached hydrogens (tertiary/aromatic N) is 3. The molecular formula is C23H19BrN4O. The van der Waals surface area contributed by atoms with Crippen LogP contribution in [0, 0.1) is 13.8 Å². The van der Waals surface area contributed by atoms with E-state index in [0.29, 0.717) is 5.82 Å². The first-order valence-corrected chi connectivity index (χ1v) is 9.97. The number of hydrogen-bond acceptors (Lipinski definition) is 3. The fourth-order valence-electron chi connectivity index (χ4n) is 2.99. The number of amides is 1. The van der Waals surface area contributed by atoms with E-state index < -0.39 is 0 Å². The number of carbonyl (C=O) groups excluding carboxylic acids is 1. The number of aryl methyl sites for hydroxylation is 2. The van der Waals surface area contributed by atoms with Gasteiger partial charge in [0.05, 0.1) is 5.69 Å². The van der Waals surface area contributed by atoms with Crippen LogP contribution in [0.25, 0.3) is 17.1 Å². The van der Waals surface area contributed by atoms with Gasteiger partial charge < -0.3 is 5.32 Å². The second kappa shape index (κ2) is 8.01. The summed E-state index contributed by atoms with van der Waals surface area (Å²) >= 11 is 3.44. The Kier molecular flexibility index (Phi) is 5.27. The predicted octanol–water partition coefficient (Wildman–Crippen LogP) is 5.57. The van der Waals surface area contributed by atoms with Gasteiger partial charge in [0.1, 0.15) is 0 Å². The molecule has 3 aromatic carbocycles. The third-order valence-electron chi connectivity index (χ3n) is 4.56. The Hall–Kier alpha value is -3.25. The van der Waals surface area contributed by atoms with Gasteiger partial charge in [-0.05, 0) is 49.7 Å². The zero-order chi connectivity index (χ0) is 20.4. The Labute approximate surface area is 177 Å². The lowest BCUT2D eigenvalue weighted by atomic mass is 10.2. The van der Waals surface area contributed by atoms with Crippen LogP contribution in [0.15, 0.2) is 77.3 Å². The third-order valence-corrected chi connectivity index (χ3v) is 5.05. The molecule has 1 aromatic heterocycles. The van der Waals surface area contributed by atoms with Crippen molar-refractivity contribution in [3.05, 3.63) is 94.2 Å². The van der Waals surface area contributed by atoms with Gasteiger partial charge in [0.25, 0.3) is 5.91 Å². The van der Waals surface area contributed by atoms with Gasteiger partial charge in [0.2, 0.25) is 5.82 Å². The Balaban J connectivity index is 1.74. The molecule has 5 nitrogen and oxygen atoms in total. The summed E-state index contributed by atoms with van der Waals surface area (Å²) in [6.45, 7) is 3.97. The Morgan fingerprint density at radius 1 is 0.966 bits per heavy atom. The average molecular weight is 447 g/mol. The summed E-state index contributed by atoms with van der Waals surface area (Å²) in [6, 6.07) is 23.4. The fraction of sp³-hybridized carbons (Fsp3) is 0.0870. The molecule has 0 spiro atoms. The molecule has 6 heteroatoms. The van der Waals surface area contributed by atoms with Crippen LogP contribution in [-0.4, -0.2) is 20.7 Å². The Morgan fingerprint density at radius 2 is 1.69 bits per heavy atom. The lowest BCUT2D eigenvalue weighted by Gasteiger charge is -2.07. The molecule has 0 fully saturated rings. The van der Waals surface area contributed by atoms with E-state index in [9.17, 15) is 4.79 Å². The highest BCUT2D eigenvalue weighted by Gasteiger charge is 2.19. The monoisotopic (exact) mass is 446 g/mol. The number of carbonyl (C=O) groups is 1. The summed E-state index contributed by atoms with van der Waals surface area (Å²) in [5.41, 5.74) is 4.57. The highest BCUT2D eigenvalue weighted by Crippen LogP contribution is 2.23. The van der Waals surface area contributed by atoms with Crippen molar-refractivity contribution in [2.24, 2.45) is 0 Å². The minimum Gasteiger partial charge on any atom is -0.319 e. The van der Waals surface area contributed by atoms with E-state index in [1.165, 1.54) is 0 Å². The van der Waals surface area contributed by atoms with Crippen molar-refractivity contribution >= 4 is 27.5 Å². The Morgan fingerprint density at radius 3 is 2.38 bits per heavy atom. The molecule has 0 saturated heterocycles. The largest absolute Gasteiger partial charge is 0.319 e. The quantitative estimate of drug-likeness (QED) is 0.445. The third kappa shape index (κ3) is 4.12. The van der Waals surface area contributed by atoms with E-state index in [1.54, 1.807) is 4.68 Å². The zero-order valence-electron chi connectivity index (χ0n) is 16.1. The summed E-state index contributed by atoms with van der Waals surface area (Å²) < 4.78 is 2.67. The van der Waals surface area contributed by atoms with Crippen LogP contribution in [0.2, 0.25) is 0 Å². The van der Waals surface area contributed by atoms with Gasteiger partial charge >= 0.3 is 0 Å². The van der Waals surface area contributed by atoms with Gasteiger partial charge in [-0.1, -0.05) is 64.0 Å². The summed E-state index contributed by atoms with van der Waals surface area (Å²) in [5.74, 6) is 0.386. The molecule has 0 bridgehead atoms. The van der Waals surface area contributed by atoms with Crippen LogP contribution in [0.5, 0.6) is 0 Å². The number of anilines is 1. The molecule has 1 heterocycles. The molecule has 29 heavy (non-hydrogen) atoms. The van der Waals surface area contributed by atoms with Gasteiger partial charge in [-0.2, -0.15) is 0 Å². The SMILES string of the molecule is Cc1ccc(-n2nc(C(=O)Nc3ccc(Br)cc3C)nc2-c2ccccc2)cc1. The number of rotatable bonds is 4. The van der Waals surface area contributed by atoms with Crippen LogP contribution in [0.4, 0.5) is 5.69 Å². The van der Waals surface area contributed by atoms with E-state index >= 15 is 0 Å². The lowest BCUT2D eigenvalue weighted by molar-refractivity contribution is 0.101. The standard InChI is InChI=1S/C23H19BrN4O/c1-15-8-11-19(12-9-15)28-22(17-6-4-3-5-7-17)26-21(27-28)23(29)25-20-13-10-18(24)14-16(20)2/h3-14H,1-2H3,(H,25,29). The predicted molar refractivity (Wildman–Crippen MR) is 118 cm³/mol. The molecular weight excluding hydrogens is 428 g/mol. The summed E-state index contributed by atoms with van der Waals surface area (Å²) in [7, 11) is 0. The van der Waals surface area contributed by atoms with E-state index in [4.69, 9.17) is 0 Å². The van der Waals surface area contributed by atoms with Gasteiger partial charge in [0.15, 0.2) is 5.82 Å². The molecule has 0 radical (unpaired) electrons. The van der Waals surface area contributed by atoms with Crippen molar-refractivity contribution in [3.8, 4) is 17.1 Å². The number of aromatic nitrogens is 3. The van der Waals surface area contributed by atoms with Gasteiger partial charge in [-0.15, -0.1) is 5.10 Å². The van der Waals surface area contributed by atoms with E-state index in [2.05, 4.69) is 31.3 Å². The van der Waals surface area contributed by atoms with E-state index in [1.807, 2.05) is 86.6 Å². The van der Waals surface area contributed by atoms with Crippen molar-refractivity contribution in [1.82, 2.24) is 14.8 Å². The summed E-state index contributed by atoms with van der Waals surface area (Å²) in [4.78, 5) is 17.4. The lowest BCUT2D eigenvalue weighted by Crippen LogP contribution is -2.15. The van der Waals surface area contributed by atoms with Crippen molar-refractivity contribution in [2.75, 3.05) is 5.32 Å². The topological polar surface area (TPSA) is 59.8 Å². The molecule has 144 valence electrons. The van der Waals surface area contributed by atoms with Crippen LogP contribution in [0.1, 0.15) is 21.7 Å². The van der Waals surface area contributed by atoms with Gasteiger partial charge in [-0.3, -0.25) is 4.79 Å². The van der Waals surface area contributed by atoms with Gasteiger partial charge in [0, 0.05) is 15.7 Å². The zero-order valence-corrected chi connectivity index (χ0v) is 17.6. The second-order valence-electron chi connectivity index (χ2n) is 6.79. The smallest absolute Gasteiger partial charge is 0.295 e. The maximum Gasteiger partial charge on any atom is 0.295 e. The minimum absolute atomic E-state index is 0.117. The summed E-state index contributed by atoms with van der Waals surface area (Å²) in [5, 5.41) is 7.42. The highest BCUT2D eigenvalue weighted by molar-refractivity contribution is 9.10. The number of halogens is 1. The van der Waals surface area contributed by atoms with Crippen molar-refractivity contribution < 1.29 is 4.79 Å². The minimum atomic E-state index is -0.349. The van der Waals surface area contributed by atoms with Crippen LogP contribution >= 0.6 is 15.9 Å². The number of hydrogen-bond donors (Lipinski definition) is 1. The summed E-state index contributed by atoms with van der Waals surface area (Å²) in [6.07, 6.45) is 0. The van der Waals surface area contributed by atoms with Crippen molar-refractivity contribution in [3.63, 3.8) is 0 Å². The molecule has 4 rings (SSSR count). The van der Waals surface area contributed by atoms with Crippen LogP contribution in [0.3, 0.4) is 0 Å². The molecule has 0 aliphatic heterocycles. The number of benzene rings is 3. The highest BCUT2D eigenvalue weighted by atomic mass is 79.9. The molecule has 0 aliphatic rings. The number of nitrogens with one attached hydrogen (secondary N) is 1. The molecule has 0 atom stereocenters. The maximum absolute atomic E-state index is 12.9. The molecule has 0 aliphatic carbocycles. The first kappa shape index (κ1) is 19.1. The van der Waals surface area contributed by atoms with E-state index in [-0.39, 0.29) is 11.7 Å². The first-order chi connectivity index (χ1) is 14.0. The first-order valence-electron chi connectivity index (χ1n) is 9.18. The Bertz CT molecular complexity index is 1170. The molecule has 0 saturated carbocycles.